The van der Waals surface area contributed by atoms with E-state index < -0.39 is 0 Å². The molecule has 0 bridgehead atoms. The average molecular weight is 405 g/mol. The third kappa shape index (κ3) is 6.19. The van der Waals surface area contributed by atoms with Gasteiger partial charge < -0.3 is 19.9 Å². The second kappa shape index (κ2) is 10.6. The first kappa shape index (κ1) is 20.1. The number of hydrogen-bond donors (Lipinski definition) is 2. The van der Waals surface area contributed by atoms with Gasteiger partial charge in [0.25, 0.3) is 0 Å². The van der Waals surface area contributed by atoms with Crippen LogP contribution < -0.4 is 15.0 Å². The maximum absolute atomic E-state index is 5.77. The number of piperidine rings is 1. The minimum Gasteiger partial charge on any atom is -0.495 e. The Bertz CT molecular complexity index is 699. The Hall–Kier alpha value is -1.63. The van der Waals surface area contributed by atoms with Crippen LogP contribution in [0.15, 0.2) is 41.8 Å². The SMILES string of the molecule is COc1ccccc1NC(=S)N(CCC[NH+]1CCCCC1)Cc1cccs1. The molecule has 2 aromatic rings. The van der Waals surface area contributed by atoms with Crippen molar-refractivity contribution in [3.05, 3.63) is 46.7 Å². The molecular weight excluding hydrogens is 374 g/mol. The summed E-state index contributed by atoms with van der Waals surface area (Å²) in [4.78, 5) is 5.38. The summed E-state index contributed by atoms with van der Waals surface area (Å²) in [5.74, 6) is 0.814. The largest absolute Gasteiger partial charge is 0.495 e. The molecule has 4 nitrogen and oxygen atoms in total. The lowest BCUT2D eigenvalue weighted by atomic mass is 10.1. The smallest absolute Gasteiger partial charge is 0.173 e. The molecule has 0 unspecified atom stereocenters. The Balaban J connectivity index is 1.60. The molecular formula is C21H30N3OS2+. The van der Waals surface area contributed by atoms with Crippen molar-refractivity contribution in [1.29, 1.82) is 0 Å². The van der Waals surface area contributed by atoms with Crippen LogP contribution in [0.5, 0.6) is 5.75 Å². The lowest BCUT2D eigenvalue weighted by molar-refractivity contribution is -0.905. The summed E-state index contributed by atoms with van der Waals surface area (Å²) in [5, 5.41) is 6.29. The third-order valence-corrected chi connectivity index (χ3v) is 6.30. The van der Waals surface area contributed by atoms with Crippen molar-refractivity contribution in [3.8, 4) is 5.75 Å². The van der Waals surface area contributed by atoms with Crippen molar-refractivity contribution in [2.45, 2.75) is 32.2 Å². The van der Waals surface area contributed by atoms with Crippen molar-refractivity contribution in [1.82, 2.24) is 4.90 Å². The molecule has 146 valence electrons. The van der Waals surface area contributed by atoms with Gasteiger partial charge in [0, 0.05) is 17.8 Å². The minimum atomic E-state index is 0.765. The molecule has 0 radical (unpaired) electrons. The minimum absolute atomic E-state index is 0.765. The van der Waals surface area contributed by atoms with Crippen molar-refractivity contribution < 1.29 is 9.64 Å². The molecule has 6 heteroatoms. The number of benzene rings is 1. The fourth-order valence-electron chi connectivity index (χ4n) is 3.61. The van der Waals surface area contributed by atoms with Gasteiger partial charge in [0.15, 0.2) is 5.11 Å². The Kier molecular flexibility index (Phi) is 7.93. The van der Waals surface area contributed by atoms with E-state index in [1.807, 2.05) is 24.3 Å². The van der Waals surface area contributed by atoms with E-state index in [-0.39, 0.29) is 0 Å². The molecule has 2 heterocycles. The summed E-state index contributed by atoms with van der Waals surface area (Å²) in [6, 6.07) is 12.2. The molecule has 1 saturated heterocycles. The zero-order valence-corrected chi connectivity index (χ0v) is 17.7. The van der Waals surface area contributed by atoms with E-state index in [1.165, 1.54) is 43.8 Å². The van der Waals surface area contributed by atoms with Gasteiger partial charge in [0.05, 0.1) is 39.0 Å². The van der Waals surface area contributed by atoms with Crippen LogP contribution in [0.4, 0.5) is 5.69 Å². The monoisotopic (exact) mass is 404 g/mol. The molecule has 3 rings (SSSR count). The third-order valence-electron chi connectivity index (χ3n) is 5.08. The number of quaternary nitrogens is 1. The number of nitrogens with zero attached hydrogens (tertiary/aromatic N) is 1. The number of methoxy groups -OCH3 is 1. The molecule has 0 saturated carbocycles. The lowest BCUT2D eigenvalue weighted by Gasteiger charge is -2.28. The van der Waals surface area contributed by atoms with Crippen molar-refractivity contribution in [2.75, 3.05) is 38.6 Å². The molecule has 1 aromatic heterocycles. The molecule has 27 heavy (non-hydrogen) atoms. The van der Waals surface area contributed by atoms with Gasteiger partial charge in [-0.3, -0.25) is 0 Å². The highest BCUT2D eigenvalue weighted by Gasteiger charge is 2.16. The van der Waals surface area contributed by atoms with Gasteiger partial charge in [0.2, 0.25) is 0 Å². The van der Waals surface area contributed by atoms with E-state index in [4.69, 9.17) is 17.0 Å². The second-order valence-electron chi connectivity index (χ2n) is 7.05. The Morgan fingerprint density at radius 1 is 1.19 bits per heavy atom. The maximum atomic E-state index is 5.77. The Morgan fingerprint density at radius 3 is 2.74 bits per heavy atom. The molecule has 1 aromatic carbocycles. The van der Waals surface area contributed by atoms with E-state index in [0.717, 1.165) is 36.1 Å². The standard InChI is InChI=1S/C21H29N3OS2/c1-25-20-11-4-3-10-19(20)22-21(26)24(17-18-9-7-16-27-18)15-8-14-23-12-5-2-6-13-23/h3-4,7,9-11,16H,2,5-6,8,12-15,17H2,1H3,(H,22,26)/p+1. The predicted molar refractivity (Wildman–Crippen MR) is 118 cm³/mol. The van der Waals surface area contributed by atoms with Gasteiger partial charge in [-0.05, 0) is 55.1 Å². The number of hydrogen-bond acceptors (Lipinski definition) is 3. The second-order valence-corrected chi connectivity index (χ2v) is 8.46. The molecule has 0 amide bonds. The summed E-state index contributed by atoms with van der Waals surface area (Å²) >= 11 is 7.55. The van der Waals surface area contributed by atoms with Crippen LogP contribution in [0.3, 0.4) is 0 Å². The molecule has 0 spiro atoms. The highest BCUT2D eigenvalue weighted by molar-refractivity contribution is 7.80. The van der Waals surface area contributed by atoms with Crippen LogP contribution in [0.2, 0.25) is 0 Å². The van der Waals surface area contributed by atoms with Gasteiger partial charge in [-0.2, -0.15) is 0 Å². The normalized spacial score (nSPS) is 14.7. The number of rotatable bonds is 8. The highest BCUT2D eigenvalue weighted by atomic mass is 32.1. The van der Waals surface area contributed by atoms with E-state index in [9.17, 15) is 0 Å². The fraction of sp³-hybridized carbons (Fsp3) is 0.476. The predicted octanol–water partition coefficient (Wildman–Crippen LogP) is 3.41. The van der Waals surface area contributed by atoms with Gasteiger partial charge in [0.1, 0.15) is 5.75 Å². The molecule has 0 aliphatic carbocycles. The van der Waals surface area contributed by atoms with E-state index in [1.54, 1.807) is 23.3 Å². The van der Waals surface area contributed by atoms with Crippen LogP contribution in [-0.2, 0) is 6.54 Å². The molecule has 1 aliphatic rings. The van der Waals surface area contributed by atoms with E-state index >= 15 is 0 Å². The van der Waals surface area contributed by atoms with Crippen LogP contribution >= 0.6 is 23.6 Å². The van der Waals surface area contributed by atoms with Crippen molar-refractivity contribution in [3.63, 3.8) is 0 Å². The van der Waals surface area contributed by atoms with Gasteiger partial charge in [-0.1, -0.05) is 18.2 Å². The van der Waals surface area contributed by atoms with E-state index in [2.05, 4.69) is 27.7 Å². The van der Waals surface area contributed by atoms with Gasteiger partial charge in [-0.15, -0.1) is 11.3 Å². The fourth-order valence-corrected chi connectivity index (χ4v) is 4.59. The van der Waals surface area contributed by atoms with Crippen molar-refractivity contribution >= 4 is 34.4 Å². The van der Waals surface area contributed by atoms with Crippen LogP contribution in [0, 0.1) is 0 Å². The summed E-state index contributed by atoms with van der Waals surface area (Å²) in [6.45, 7) is 5.72. The molecule has 2 N–H and O–H groups in total. The van der Waals surface area contributed by atoms with Crippen molar-refractivity contribution in [2.24, 2.45) is 0 Å². The Morgan fingerprint density at radius 2 is 2.00 bits per heavy atom. The number of anilines is 1. The highest BCUT2D eigenvalue weighted by Crippen LogP contribution is 2.24. The lowest BCUT2D eigenvalue weighted by Crippen LogP contribution is -3.12. The summed E-state index contributed by atoms with van der Waals surface area (Å²) in [6.07, 6.45) is 5.32. The summed E-state index contributed by atoms with van der Waals surface area (Å²) < 4.78 is 5.45. The number of likely N-dealkylation sites (tertiary alicyclic amines) is 1. The number of nitrogens with one attached hydrogen (secondary N) is 2. The van der Waals surface area contributed by atoms with Crippen LogP contribution in [0.1, 0.15) is 30.6 Å². The first-order valence-electron chi connectivity index (χ1n) is 9.81. The summed E-state index contributed by atoms with van der Waals surface area (Å²) in [5.41, 5.74) is 0.919. The number of para-hydroxylation sites is 2. The van der Waals surface area contributed by atoms with Gasteiger partial charge in [-0.25, -0.2) is 0 Å². The molecule has 1 fully saturated rings. The summed E-state index contributed by atoms with van der Waals surface area (Å²) in [7, 11) is 1.69. The zero-order valence-electron chi connectivity index (χ0n) is 16.1. The van der Waals surface area contributed by atoms with Crippen LogP contribution in [0.25, 0.3) is 0 Å². The molecule has 0 atom stereocenters. The Labute approximate surface area is 172 Å². The first-order valence-corrected chi connectivity index (χ1v) is 11.1. The number of thiocarbonyl (C=S) groups is 1. The molecule has 1 aliphatic heterocycles. The van der Waals surface area contributed by atoms with E-state index in [0.29, 0.717) is 0 Å². The first-order chi connectivity index (χ1) is 13.3. The maximum Gasteiger partial charge on any atom is 0.173 e. The quantitative estimate of drug-likeness (QED) is 0.660. The topological polar surface area (TPSA) is 28.9 Å². The average Bonchev–Trinajstić information content (AvgIpc) is 3.21. The van der Waals surface area contributed by atoms with Gasteiger partial charge >= 0.3 is 0 Å². The number of thiophene rings is 1. The zero-order chi connectivity index (χ0) is 18.9. The van der Waals surface area contributed by atoms with Crippen LogP contribution in [-0.4, -0.2) is 43.3 Å². The number of ether oxygens (including phenoxy) is 1.